The summed E-state index contributed by atoms with van der Waals surface area (Å²) in [5.41, 5.74) is 13.0. The molecule has 0 saturated heterocycles. The minimum Gasteiger partial charge on any atom is -0.454 e. The van der Waals surface area contributed by atoms with Gasteiger partial charge in [-0.1, -0.05) is 141 Å². The smallest absolute Gasteiger partial charge is 0.159 e. The molecule has 51 heavy (non-hydrogen) atoms. The summed E-state index contributed by atoms with van der Waals surface area (Å²) in [6.45, 7) is 4.69. The van der Waals surface area contributed by atoms with E-state index in [0.29, 0.717) is 0 Å². The van der Waals surface area contributed by atoms with Crippen molar-refractivity contribution in [3.8, 4) is 22.3 Å². The van der Waals surface area contributed by atoms with Crippen LogP contribution in [0.5, 0.6) is 0 Å². The third-order valence-corrected chi connectivity index (χ3v) is 11.4. The molecule has 0 N–H and O–H groups in total. The average molecular weight is 652 g/mol. The van der Waals surface area contributed by atoms with Crippen LogP contribution in [-0.2, 0) is 5.41 Å². The highest BCUT2D eigenvalue weighted by atomic mass is 16.3. The van der Waals surface area contributed by atoms with Crippen molar-refractivity contribution in [1.29, 1.82) is 0 Å². The first-order valence-corrected chi connectivity index (χ1v) is 17.8. The van der Waals surface area contributed by atoms with Crippen molar-refractivity contribution < 1.29 is 4.42 Å². The Hall–Kier alpha value is -6.38. The van der Waals surface area contributed by atoms with Crippen LogP contribution in [0, 0.1) is 0 Å². The zero-order chi connectivity index (χ0) is 33.8. The van der Waals surface area contributed by atoms with E-state index in [9.17, 15) is 0 Å². The van der Waals surface area contributed by atoms with Gasteiger partial charge >= 0.3 is 0 Å². The quantitative estimate of drug-likeness (QED) is 0.176. The Labute approximate surface area is 296 Å². The molecule has 0 bridgehead atoms. The third-order valence-electron chi connectivity index (χ3n) is 11.4. The Bertz CT molecular complexity index is 3000. The van der Waals surface area contributed by atoms with Crippen LogP contribution < -0.4 is 4.90 Å². The average Bonchev–Trinajstić information content (AvgIpc) is 3.67. The highest BCUT2D eigenvalue weighted by molar-refractivity contribution is 6.28. The van der Waals surface area contributed by atoms with Crippen LogP contribution in [0.1, 0.15) is 25.0 Å². The zero-order valence-corrected chi connectivity index (χ0v) is 28.4. The Balaban J connectivity index is 1.16. The third kappa shape index (κ3) is 3.93. The first-order chi connectivity index (χ1) is 25.1. The molecule has 2 nitrogen and oxygen atoms in total. The highest BCUT2D eigenvalue weighted by Crippen LogP contribution is 2.51. The standard InChI is InChI=1S/C49H33NO/c1-49(2)41-16-8-6-13-35(41)40-29-32(22-27-42(40)49)34-24-19-30-21-26-39-43(28-23-31-20-25-37(34)46(30)47(31)39)50(33-11-4-3-5-12-33)44-17-10-15-38-36-14-7-9-18-45(36)51-48(38)44/h3-29H,1-2H3. The summed E-state index contributed by atoms with van der Waals surface area (Å²) in [5.74, 6) is 0. The van der Waals surface area contributed by atoms with Crippen LogP contribution in [0.3, 0.4) is 0 Å². The summed E-state index contributed by atoms with van der Waals surface area (Å²) in [6, 6.07) is 59.9. The Morgan fingerprint density at radius 2 is 1.14 bits per heavy atom. The van der Waals surface area contributed by atoms with E-state index >= 15 is 0 Å². The van der Waals surface area contributed by atoms with Crippen molar-refractivity contribution in [2.75, 3.05) is 4.90 Å². The van der Waals surface area contributed by atoms with Gasteiger partial charge in [0.05, 0.1) is 11.4 Å². The molecule has 0 spiro atoms. The SMILES string of the molecule is CC1(C)c2ccccc2-c2cc(-c3ccc4ccc5c(N(c6ccccc6)c6cccc7c6oc6ccccc67)ccc6ccc3c4c65)ccc21. The molecule has 10 aromatic rings. The second kappa shape index (κ2) is 10.3. The number of hydrogen-bond donors (Lipinski definition) is 0. The van der Waals surface area contributed by atoms with E-state index in [1.165, 1.54) is 65.7 Å². The molecule has 0 fully saturated rings. The molecule has 0 unspecified atom stereocenters. The molecule has 11 rings (SSSR count). The predicted molar refractivity (Wildman–Crippen MR) is 215 cm³/mol. The Kier molecular flexibility index (Phi) is 5.76. The van der Waals surface area contributed by atoms with Gasteiger partial charge in [0.15, 0.2) is 5.58 Å². The molecule has 2 heteroatoms. The largest absolute Gasteiger partial charge is 0.454 e. The topological polar surface area (TPSA) is 16.4 Å². The van der Waals surface area contributed by atoms with Gasteiger partial charge in [-0.15, -0.1) is 0 Å². The van der Waals surface area contributed by atoms with Gasteiger partial charge in [0.2, 0.25) is 0 Å². The normalized spacial score (nSPS) is 13.5. The van der Waals surface area contributed by atoms with E-state index in [1.54, 1.807) is 0 Å². The Morgan fingerprint density at radius 1 is 0.451 bits per heavy atom. The minimum absolute atomic E-state index is 0.0131. The summed E-state index contributed by atoms with van der Waals surface area (Å²) in [5, 5.41) is 9.82. The van der Waals surface area contributed by atoms with Gasteiger partial charge in [-0.05, 0) is 96.7 Å². The number of anilines is 3. The molecule has 0 aliphatic heterocycles. The zero-order valence-electron chi connectivity index (χ0n) is 28.4. The summed E-state index contributed by atoms with van der Waals surface area (Å²) in [4.78, 5) is 2.37. The van der Waals surface area contributed by atoms with Crippen LogP contribution in [0.25, 0.3) is 76.5 Å². The second-order valence-electron chi connectivity index (χ2n) is 14.5. The Morgan fingerprint density at radius 3 is 2.02 bits per heavy atom. The molecule has 9 aromatic carbocycles. The van der Waals surface area contributed by atoms with Gasteiger partial charge in [-0.3, -0.25) is 0 Å². The molecule has 1 aromatic heterocycles. The molecule has 0 saturated carbocycles. The van der Waals surface area contributed by atoms with E-state index < -0.39 is 0 Å². The highest BCUT2D eigenvalue weighted by Gasteiger charge is 2.35. The summed E-state index contributed by atoms with van der Waals surface area (Å²) in [6.07, 6.45) is 0. The van der Waals surface area contributed by atoms with Crippen molar-refractivity contribution in [1.82, 2.24) is 0 Å². The number of benzene rings is 9. The lowest BCUT2D eigenvalue weighted by Gasteiger charge is -2.27. The van der Waals surface area contributed by atoms with E-state index in [2.05, 4.69) is 176 Å². The first kappa shape index (κ1) is 28.5. The molecular weight excluding hydrogens is 619 g/mol. The van der Waals surface area contributed by atoms with Crippen LogP contribution in [0.2, 0.25) is 0 Å². The first-order valence-electron chi connectivity index (χ1n) is 17.8. The van der Waals surface area contributed by atoms with Crippen LogP contribution in [0.4, 0.5) is 17.1 Å². The monoisotopic (exact) mass is 651 g/mol. The number of furan rings is 1. The van der Waals surface area contributed by atoms with Gasteiger partial charge in [0.25, 0.3) is 0 Å². The van der Waals surface area contributed by atoms with Gasteiger partial charge in [0.1, 0.15) is 5.58 Å². The van der Waals surface area contributed by atoms with Crippen LogP contribution in [0.15, 0.2) is 168 Å². The number of para-hydroxylation sites is 3. The van der Waals surface area contributed by atoms with Crippen LogP contribution >= 0.6 is 0 Å². The van der Waals surface area contributed by atoms with Crippen molar-refractivity contribution in [3.63, 3.8) is 0 Å². The van der Waals surface area contributed by atoms with Crippen molar-refractivity contribution in [3.05, 3.63) is 175 Å². The molecule has 1 heterocycles. The molecule has 1 aliphatic rings. The fraction of sp³-hybridized carbons (Fsp3) is 0.0612. The lowest BCUT2D eigenvalue weighted by Crippen LogP contribution is -2.14. The lowest BCUT2D eigenvalue weighted by atomic mass is 9.82. The summed E-state index contributed by atoms with van der Waals surface area (Å²) in [7, 11) is 0. The maximum Gasteiger partial charge on any atom is 0.159 e. The van der Waals surface area contributed by atoms with Gasteiger partial charge in [-0.2, -0.15) is 0 Å². The van der Waals surface area contributed by atoms with E-state index in [-0.39, 0.29) is 5.41 Å². The molecular formula is C49H33NO. The molecule has 240 valence electrons. The van der Waals surface area contributed by atoms with Crippen molar-refractivity contribution in [2.45, 2.75) is 19.3 Å². The number of rotatable bonds is 4. The lowest BCUT2D eigenvalue weighted by molar-refractivity contribution is 0.660. The maximum atomic E-state index is 6.62. The van der Waals surface area contributed by atoms with Crippen LogP contribution in [-0.4, -0.2) is 0 Å². The van der Waals surface area contributed by atoms with Crippen molar-refractivity contribution in [2.24, 2.45) is 0 Å². The molecule has 1 aliphatic carbocycles. The second-order valence-corrected chi connectivity index (χ2v) is 14.5. The fourth-order valence-electron chi connectivity index (χ4n) is 9.01. The predicted octanol–water partition coefficient (Wildman–Crippen LogP) is 13.9. The van der Waals surface area contributed by atoms with E-state index in [1.807, 2.05) is 6.07 Å². The number of fused-ring (bicyclic) bond motifs is 6. The van der Waals surface area contributed by atoms with Gasteiger partial charge in [-0.25, -0.2) is 0 Å². The van der Waals surface area contributed by atoms with Gasteiger partial charge < -0.3 is 9.32 Å². The number of nitrogens with zero attached hydrogens (tertiary/aromatic N) is 1. The van der Waals surface area contributed by atoms with Gasteiger partial charge in [0, 0.05) is 27.3 Å². The molecule has 0 radical (unpaired) electrons. The van der Waals surface area contributed by atoms with E-state index in [0.717, 1.165) is 39.0 Å². The maximum absolute atomic E-state index is 6.62. The molecule has 0 amide bonds. The van der Waals surface area contributed by atoms with E-state index in [4.69, 9.17) is 4.42 Å². The summed E-state index contributed by atoms with van der Waals surface area (Å²) < 4.78 is 6.62. The molecule has 0 atom stereocenters. The minimum atomic E-state index is -0.0131. The fourth-order valence-corrected chi connectivity index (χ4v) is 9.01. The summed E-state index contributed by atoms with van der Waals surface area (Å²) >= 11 is 0. The van der Waals surface area contributed by atoms with Crippen molar-refractivity contribution >= 4 is 71.3 Å². The number of hydrogen-bond acceptors (Lipinski definition) is 2.